The molecule has 0 bridgehead atoms. The van der Waals surface area contributed by atoms with Gasteiger partial charge in [0.25, 0.3) is 0 Å². The summed E-state index contributed by atoms with van der Waals surface area (Å²) in [4.78, 5) is 13.9. The van der Waals surface area contributed by atoms with Crippen molar-refractivity contribution in [2.45, 2.75) is 26.7 Å². The fourth-order valence-electron chi connectivity index (χ4n) is 2.03. The van der Waals surface area contributed by atoms with Crippen LogP contribution in [0.4, 0.5) is 0 Å². The number of aryl methyl sites for hydroxylation is 1. The highest BCUT2D eigenvalue weighted by atomic mass is 16.6. The predicted octanol–water partition coefficient (Wildman–Crippen LogP) is 2.72. The molecule has 26 heavy (non-hydrogen) atoms. The van der Waals surface area contributed by atoms with E-state index in [0.29, 0.717) is 35.0 Å². The first kappa shape index (κ1) is 20.9. The summed E-state index contributed by atoms with van der Waals surface area (Å²) in [6, 6.07) is 11.1. The van der Waals surface area contributed by atoms with Crippen LogP contribution in [0.5, 0.6) is 0 Å². The van der Waals surface area contributed by atoms with Crippen molar-refractivity contribution in [1.82, 2.24) is 9.97 Å². The van der Waals surface area contributed by atoms with E-state index in [1.165, 1.54) is 0 Å². The Morgan fingerprint density at radius 2 is 2.04 bits per heavy atom. The van der Waals surface area contributed by atoms with Gasteiger partial charge in [-0.05, 0) is 51.0 Å². The van der Waals surface area contributed by atoms with Crippen LogP contribution in [0.15, 0.2) is 41.7 Å². The average Bonchev–Trinajstić information content (AvgIpc) is 2.69. The molecule has 0 aliphatic carbocycles. The smallest absolute Gasteiger partial charge is 0.117 e. The number of pyridine rings is 2. The molecule has 0 aliphatic heterocycles. The Kier molecular flexibility index (Phi) is 9.22. The third-order valence-corrected chi connectivity index (χ3v) is 3.32. The van der Waals surface area contributed by atoms with Gasteiger partial charge >= 0.3 is 0 Å². The number of hydrogen-bond donors (Lipinski definition) is 2. The molecule has 0 atom stereocenters. The summed E-state index contributed by atoms with van der Waals surface area (Å²) in [6.45, 7) is 3.98. The molecule has 0 aromatic carbocycles. The van der Waals surface area contributed by atoms with Crippen molar-refractivity contribution in [3.8, 4) is 6.07 Å². The summed E-state index contributed by atoms with van der Waals surface area (Å²) in [7, 11) is 1.00. The number of rotatable bonds is 7. The monoisotopic (exact) mass is 353 g/mol. The van der Waals surface area contributed by atoms with E-state index in [-0.39, 0.29) is 0 Å². The molecule has 136 valence electrons. The van der Waals surface area contributed by atoms with Crippen LogP contribution in [0.1, 0.15) is 42.9 Å². The lowest BCUT2D eigenvalue weighted by molar-refractivity contribution is 0.141. The Balaban J connectivity index is 0.00000163. The normalized spacial score (nSPS) is 10.3. The molecule has 0 unspecified atom stereocenters. The Labute approximate surface area is 153 Å². The summed E-state index contributed by atoms with van der Waals surface area (Å²) in [6.07, 6.45) is 3.12. The summed E-state index contributed by atoms with van der Waals surface area (Å²) in [5.41, 5.74) is 3.90. The molecule has 0 fully saturated rings. The van der Waals surface area contributed by atoms with Gasteiger partial charge in [0, 0.05) is 19.0 Å². The molecule has 0 aliphatic rings. The topological polar surface area (TPSA) is 115 Å². The summed E-state index contributed by atoms with van der Waals surface area (Å²) >= 11 is 0. The number of nitrogens with one attached hydrogen (secondary N) is 1. The minimum atomic E-state index is 0.459. The molecule has 2 heterocycles. The van der Waals surface area contributed by atoms with E-state index in [4.69, 9.17) is 20.6 Å². The molecule has 7 heteroatoms. The third kappa shape index (κ3) is 6.79. The molecule has 2 aromatic heterocycles. The first-order chi connectivity index (χ1) is 12.6. The molecule has 0 saturated heterocycles. The predicted molar refractivity (Wildman–Crippen MR) is 100 cm³/mol. The Hall–Kier alpha value is -3.11. The Bertz CT molecular complexity index is 797. The number of aromatic nitrogens is 2. The quantitative estimate of drug-likeness (QED) is 0.451. The molecule has 0 radical (unpaired) electrons. The largest absolute Gasteiger partial charge is 0.400 e. The van der Waals surface area contributed by atoms with Crippen molar-refractivity contribution in [3.05, 3.63) is 59.2 Å². The van der Waals surface area contributed by atoms with Gasteiger partial charge in [-0.15, -0.1) is 0 Å². The minimum Gasteiger partial charge on any atom is -0.400 e. The Morgan fingerprint density at radius 1 is 1.27 bits per heavy atom. The molecule has 2 aromatic rings. The highest BCUT2D eigenvalue weighted by molar-refractivity contribution is 5.96. The lowest BCUT2D eigenvalue weighted by Crippen LogP contribution is -2.03. The van der Waals surface area contributed by atoms with Crippen LogP contribution in [0.25, 0.3) is 0 Å². The van der Waals surface area contributed by atoms with Crippen LogP contribution < -0.4 is 0 Å². The summed E-state index contributed by atoms with van der Waals surface area (Å²) in [5.74, 6) is 0. The molecular formula is C19H23N5O2. The molecule has 7 nitrogen and oxygen atoms in total. The van der Waals surface area contributed by atoms with Crippen LogP contribution in [0, 0.1) is 16.7 Å². The zero-order valence-corrected chi connectivity index (χ0v) is 15.2. The SMILES string of the molecule is CC(=N)c1cccc(CCCO/N=C(\C)c2cc(C#N)ccn2)n1.CO. The van der Waals surface area contributed by atoms with Gasteiger partial charge in [0.1, 0.15) is 12.3 Å². The second-order valence-electron chi connectivity index (χ2n) is 5.29. The standard InChI is InChI=1S/C18H19N5O.CH4O/c1-13(20)17-7-3-5-16(22-17)6-4-10-24-23-14(2)18-11-15(12-19)8-9-21-18;1-2/h3,5,7-9,11,20H,4,6,10H2,1-2H3;2H,1H3/b20-13?,23-14+;. The summed E-state index contributed by atoms with van der Waals surface area (Å²) < 4.78 is 0. The maximum absolute atomic E-state index is 8.88. The minimum absolute atomic E-state index is 0.459. The van der Waals surface area contributed by atoms with E-state index >= 15 is 0 Å². The molecule has 0 saturated carbocycles. The number of hydrogen-bond acceptors (Lipinski definition) is 7. The molecule has 2 rings (SSSR count). The van der Waals surface area contributed by atoms with Crippen LogP contribution in [0.2, 0.25) is 0 Å². The van der Waals surface area contributed by atoms with Crippen molar-refractivity contribution in [2.75, 3.05) is 13.7 Å². The van der Waals surface area contributed by atoms with Gasteiger partial charge in [-0.2, -0.15) is 5.26 Å². The summed E-state index contributed by atoms with van der Waals surface area (Å²) in [5, 5.41) is 27.5. The number of aliphatic hydroxyl groups excluding tert-OH is 1. The molecule has 2 N–H and O–H groups in total. The van der Waals surface area contributed by atoms with Crippen LogP contribution in [-0.4, -0.2) is 40.2 Å². The number of nitrogens with zero attached hydrogens (tertiary/aromatic N) is 4. The lowest BCUT2D eigenvalue weighted by atomic mass is 10.2. The number of aliphatic hydroxyl groups is 1. The van der Waals surface area contributed by atoms with Crippen molar-refractivity contribution >= 4 is 11.4 Å². The zero-order chi connectivity index (χ0) is 19.4. The van der Waals surface area contributed by atoms with E-state index in [1.54, 1.807) is 32.2 Å². The molecule has 0 amide bonds. The van der Waals surface area contributed by atoms with Gasteiger partial charge in [-0.25, -0.2) is 0 Å². The van der Waals surface area contributed by atoms with Gasteiger partial charge in [0.15, 0.2) is 0 Å². The van der Waals surface area contributed by atoms with Gasteiger partial charge in [0.05, 0.1) is 28.7 Å². The molecular weight excluding hydrogens is 330 g/mol. The maximum atomic E-state index is 8.88. The first-order valence-electron chi connectivity index (χ1n) is 8.09. The van der Waals surface area contributed by atoms with Crippen molar-refractivity contribution in [2.24, 2.45) is 5.16 Å². The van der Waals surface area contributed by atoms with Crippen molar-refractivity contribution in [3.63, 3.8) is 0 Å². The van der Waals surface area contributed by atoms with Crippen LogP contribution >= 0.6 is 0 Å². The average molecular weight is 353 g/mol. The highest BCUT2D eigenvalue weighted by Gasteiger charge is 2.02. The van der Waals surface area contributed by atoms with Gasteiger partial charge in [0.2, 0.25) is 0 Å². The zero-order valence-electron chi connectivity index (χ0n) is 15.2. The van der Waals surface area contributed by atoms with Crippen molar-refractivity contribution in [1.29, 1.82) is 10.7 Å². The first-order valence-corrected chi connectivity index (χ1v) is 8.09. The third-order valence-electron chi connectivity index (χ3n) is 3.32. The van der Waals surface area contributed by atoms with E-state index in [1.807, 2.05) is 18.2 Å². The van der Waals surface area contributed by atoms with Crippen LogP contribution in [0.3, 0.4) is 0 Å². The number of nitriles is 1. The van der Waals surface area contributed by atoms with E-state index < -0.39 is 0 Å². The Morgan fingerprint density at radius 3 is 2.73 bits per heavy atom. The van der Waals surface area contributed by atoms with E-state index in [9.17, 15) is 0 Å². The fourth-order valence-corrected chi connectivity index (χ4v) is 2.03. The second kappa shape index (κ2) is 11.4. The maximum Gasteiger partial charge on any atom is 0.117 e. The van der Waals surface area contributed by atoms with Gasteiger partial charge < -0.3 is 15.4 Å². The second-order valence-corrected chi connectivity index (χ2v) is 5.29. The highest BCUT2D eigenvalue weighted by Crippen LogP contribution is 2.05. The van der Waals surface area contributed by atoms with E-state index in [0.717, 1.165) is 25.6 Å². The van der Waals surface area contributed by atoms with E-state index in [2.05, 4.69) is 21.2 Å². The van der Waals surface area contributed by atoms with Crippen molar-refractivity contribution < 1.29 is 9.94 Å². The fraction of sp³-hybridized carbons (Fsp3) is 0.316. The van der Waals surface area contributed by atoms with Gasteiger partial charge in [-0.3, -0.25) is 9.97 Å². The number of oxime groups is 1. The van der Waals surface area contributed by atoms with Gasteiger partial charge in [-0.1, -0.05) is 11.2 Å². The van der Waals surface area contributed by atoms with Crippen LogP contribution in [-0.2, 0) is 11.3 Å². The lowest BCUT2D eigenvalue weighted by Gasteiger charge is -2.04. The molecule has 0 spiro atoms.